The van der Waals surface area contributed by atoms with Gasteiger partial charge < -0.3 is 10.3 Å². The molecule has 0 unspecified atom stereocenters. The van der Waals surface area contributed by atoms with Crippen LogP contribution in [-0.2, 0) is 0 Å². The van der Waals surface area contributed by atoms with Crippen molar-refractivity contribution >= 4 is 5.69 Å². The van der Waals surface area contributed by atoms with Gasteiger partial charge in [0.25, 0.3) is 0 Å². The standard InChI is InChI=1S/C18H18N2/c1-13-11-12-14(2)20(13)18-10-6-4-8-16(18)15-7-3-5-9-17(15)19/h3-12H,19H2,1-2H3. The maximum Gasteiger partial charge on any atom is 0.0534 e. The molecule has 0 spiro atoms. The zero-order chi connectivity index (χ0) is 14.1. The predicted octanol–water partition coefficient (Wildman–Crippen LogP) is 4.34. The molecule has 20 heavy (non-hydrogen) atoms. The van der Waals surface area contributed by atoms with Gasteiger partial charge in [-0.3, -0.25) is 0 Å². The van der Waals surface area contributed by atoms with Gasteiger partial charge in [0.15, 0.2) is 0 Å². The molecule has 100 valence electrons. The largest absolute Gasteiger partial charge is 0.398 e. The molecule has 2 N–H and O–H groups in total. The van der Waals surface area contributed by atoms with Crippen LogP contribution in [0, 0.1) is 13.8 Å². The Morgan fingerprint density at radius 1 is 0.700 bits per heavy atom. The van der Waals surface area contributed by atoms with Crippen molar-refractivity contribution < 1.29 is 0 Å². The van der Waals surface area contributed by atoms with Gasteiger partial charge in [-0.25, -0.2) is 0 Å². The third-order valence-corrected chi connectivity index (χ3v) is 3.67. The normalized spacial score (nSPS) is 10.7. The molecule has 3 rings (SSSR count). The summed E-state index contributed by atoms with van der Waals surface area (Å²) in [6.45, 7) is 4.25. The summed E-state index contributed by atoms with van der Waals surface area (Å²) in [4.78, 5) is 0. The molecule has 0 radical (unpaired) electrons. The number of nitrogens with zero attached hydrogens (tertiary/aromatic N) is 1. The summed E-state index contributed by atoms with van der Waals surface area (Å²) >= 11 is 0. The van der Waals surface area contributed by atoms with Crippen LogP contribution in [0.2, 0.25) is 0 Å². The van der Waals surface area contributed by atoms with Gasteiger partial charge in [0.2, 0.25) is 0 Å². The van der Waals surface area contributed by atoms with Crippen molar-refractivity contribution in [2.45, 2.75) is 13.8 Å². The van der Waals surface area contributed by atoms with Gasteiger partial charge in [0.1, 0.15) is 0 Å². The zero-order valence-electron chi connectivity index (χ0n) is 11.8. The SMILES string of the molecule is Cc1ccc(C)n1-c1ccccc1-c1ccccc1N. The van der Waals surface area contributed by atoms with E-state index in [9.17, 15) is 0 Å². The van der Waals surface area contributed by atoms with Crippen molar-refractivity contribution in [1.29, 1.82) is 0 Å². The molecule has 2 heteroatoms. The Labute approximate surface area is 119 Å². The molecule has 3 aromatic rings. The van der Waals surface area contributed by atoms with Gasteiger partial charge >= 0.3 is 0 Å². The summed E-state index contributed by atoms with van der Waals surface area (Å²) in [5.74, 6) is 0. The first kappa shape index (κ1) is 12.5. The van der Waals surface area contributed by atoms with Gasteiger partial charge in [-0.15, -0.1) is 0 Å². The fourth-order valence-electron chi connectivity index (χ4n) is 2.69. The molecule has 0 aliphatic rings. The zero-order valence-corrected chi connectivity index (χ0v) is 11.8. The van der Waals surface area contributed by atoms with Gasteiger partial charge in [-0.05, 0) is 38.1 Å². The summed E-state index contributed by atoms with van der Waals surface area (Å²) < 4.78 is 2.27. The molecule has 0 aliphatic heterocycles. The van der Waals surface area contributed by atoms with Crippen LogP contribution < -0.4 is 5.73 Å². The summed E-state index contributed by atoms with van der Waals surface area (Å²) in [5.41, 5.74) is 12.8. The molecule has 1 heterocycles. The minimum absolute atomic E-state index is 0.808. The molecular weight excluding hydrogens is 244 g/mol. The average Bonchev–Trinajstić information content (AvgIpc) is 2.79. The number of rotatable bonds is 2. The predicted molar refractivity (Wildman–Crippen MR) is 85.1 cm³/mol. The van der Waals surface area contributed by atoms with Crippen LogP contribution >= 0.6 is 0 Å². The quantitative estimate of drug-likeness (QED) is 0.684. The number of anilines is 1. The molecule has 0 bridgehead atoms. The topological polar surface area (TPSA) is 30.9 Å². The maximum absolute atomic E-state index is 6.14. The molecule has 2 nitrogen and oxygen atoms in total. The Morgan fingerprint density at radius 2 is 1.25 bits per heavy atom. The lowest BCUT2D eigenvalue weighted by Crippen LogP contribution is -2.02. The molecule has 0 fully saturated rings. The molecule has 0 amide bonds. The number of para-hydroxylation sites is 2. The summed E-state index contributed by atoms with van der Waals surface area (Å²) in [5, 5.41) is 0. The molecule has 2 aromatic carbocycles. The number of aryl methyl sites for hydroxylation is 2. The van der Waals surface area contributed by atoms with E-state index in [0.29, 0.717) is 0 Å². The first-order chi connectivity index (χ1) is 9.68. The second kappa shape index (κ2) is 4.89. The van der Waals surface area contributed by atoms with Gasteiger partial charge in [0, 0.05) is 28.2 Å². The number of benzene rings is 2. The van der Waals surface area contributed by atoms with Crippen molar-refractivity contribution in [3.05, 3.63) is 72.1 Å². The van der Waals surface area contributed by atoms with E-state index in [2.05, 4.69) is 60.9 Å². The van der Waals surface area contributed by atoms with Crippen LogP contribution in [0.3, 0.4) is 0 Å². The van der Waals surface area contributed by atoms with Crippen molar-refractivity contribution in [3.8, 4) is 16.8 Å². The maximum atomic E-state index is 6.14. The second-order valence-electron chi connectivity index (χ2n) is 5.06. The Morgan fingerprint density at radius 3 is 1.90 bits per heavy atom. The van der Waals surface area contributed by atoms with Crippen LogP contribution in [0.4, 0.5) is 5.69 Å². The molecule has 1 aromatic heterocycles. The third kappa shape index (κ3) is 1.99. The fourth-order valence-corrected chi connectivity index (χ4v) is 2.69. The van der Waals surface area contributed by atoms with E-state index in [4.69, 9.17) is 5.73 Å². The highest BCUT2D eigenvalue weighted by Gasteiger charge is 2.11. The van der Waals surface area contributed by atoms with Crippen LogP contribution in [-0.4, -0.2) is 4.57 Å². The highest BCUT2D eigenvalue weighted by Crippen LogP contribution is 2.32. The Balaban J connectivity index is 2.28. The smallest absolute Gasteiger partial charge is 0.0534 e. The van der Waals surface area contributed by atoms with Crippen LogP contribution in [0.1, 0.15) is 11.4 Å². The van der Waals surface area contributed by atoms with E-state index >= 15 is 0 Å². The van der Waals surface area contributed by atoms with Crippen molar-refractivity contribution in [2.24, 2.45) is 0 Å². The van der Waals surface area contributed by atoms with E-state index in [0.717, 1.165) is 16.8 Å². The first-order valence-electron chi connectivity index (χ1n) is 6.77. The van der Waals surface area contributed by atoms with Crippen molar-refractivity contribution in [2.75, 3.05) is 5.73 Å². The fraction of sp³-hybridized carbons (Fsp3) is 0.111. The molecule has 0 aliphatic carbocycles. The average molecular weight is 262 g/mol. The van der Waals surface area contributed by atoms with Crippen LogP contribution in [0.25, 0.3) is 16.8 Å². The highest BCUT2D eigenvalue weighted by molar-refractivity contribution is 5.82. The van der Waals surface area contributed by atoms with Crippen LogP contribution in [0.15, 0.2) is 60.7 Å². The van der Waals surface area contributed by atoms with E-state index in [1.165, 1.54) is 17.1 Å². The number of aromatic nitrogens is 1. The monoisotopic (exact) mass is 262 g/mol. The summed E-state index contributed by atoms with van der Waals surface area (Å²) in [7, 11) is 0. The lowest BCUT2D eigenvalue weighted by atomic mass is 10.0. The highest BCUT2D eigenvalue weighted by atomic mass is 15.0. The third-order valence-electron chi connectivity index (χ3n) is 3.67. The number of hydrogen-bond donors (Lipinski definition) is 1. The lowest BCUT2D eigenvalue weighted by Gasteiger charge is -2.16. The van der Waals surface area contributed by atoms with Crippen LogP contribution in [0.5, 0.6) is 0 Å². The minimum Gasteiger partial charge on any atom is -0.398 e. The van der Waals surface area contributed by atoms with E-state index in [-0.39, 0.29) is 0 Å². The molecule has 0 saturated heterocycles. The molecular formula is C18H18N2. The lowest BCUT2D eigenvalue weighted by molar-refractivity contribution is 0.968. The van der Waals surface area contributed by atoms with Crippen molar-refractivity contribution in [3.63, 3.8) is 0 Å². The minimum atomic E-state index is 0.808. The Bertz CT molecular complexity index is 734. The summed E-state index contributed by atoms with van der Waals surface area (Å²) in [6.07, 6.45) is 0. The van der Waals surface area contributed by atoms with E-state index in [1.54, 1.807) is 0 Å². The van der Waals surface area contributed by atoms with E-state index in [1.807, 2.05) is 18.2 Å². The second-order valence-corrected chi connectivity index (χ2v) is 5.06. The molecule has 0 atom stereocenters. The van der Waals surface area contributed by atoms with E-state index < -0.39 is 0 Å². The summed E-state index contributed by atoms with van der Waals surface area (Å²) in [6, 6.07) is 20.7. The number of nitrogens with two attached hydrogens (primary N) is 1. The van der Waals surface area contributed by atoms with Gasteiger partial charge in [0.05, 0.1) is 5.69 Å². The Hall–Kier alpha value is -2.48. The van der Waals surface area contributed by atoms with Gasteiger partial charge in [-0.1, -0.05) is 36.4 Å². The number of hydrogen-bond acceptors (Lipinski definition) is 1. The van der Waals surface area contributed by atoms with Crippen molar-refractivity contribution in [1.82, 2.24) is 4.57 Å². The Kier molecular flexibility index (Phi) is 3.07. The molecule has 0 saturated carbocycles. The number of nitrogen functional groups attached to an aromatic ring is 1. The first-order valence-corrected chi connectivity index (χ1v) is 6.77. The van der Waals surface area contributed by atoms with Gasteiger partial charge in [-0.2, -0.15) is 0 Å².